The summed E-state index contributed by atoms with van der Waals surface area (Å²) in [6.07, 6.45) is 1.04. The lowest BCUT2D eigenvalue weighted by molar-refractivity contribution is 0.0982. The maximum Gasteiger partial charge on any atom is 0.262 e. The zero-order valence-corrected chi connectivity index (χ0v) is 15.3. The number of hydrogen-bond donors (Lipinski definition) is 0. The Morgan fingerprint density at radius 2 is 1.88 bits per heavy atom. The van der Waals surface area contributed by atoms with E-state index >= 15 is 0 Å². The molecule has 6 heteroatoms. The van der Waals surface area contributed by atoms with Gasteiger partial charge in [-0.25, -0.2) is 9.37 Å². The van der Waals surface area contributed by atoms with Gasteiger partial charge in [-0.05, 0) is 49.7 Å². The summed E-state index contributed by atoms with van der Waals surface area (Å²) in [4.78, 5) is 29.3. The molecule has 134 valence electrons. The van der Waals surface area contributed by atoms with Crippen LogP contribution in [-0.4, -0.2) is 21.1 Å². The molecule has 0 aliphatic heterocycles. The van der Waals surface area contributed by atoms with Gasteiger partial charge in [-0.3, -0.25) is 14.2 Å². The van der Waals surface area contributed by atoms with Crippen LogP contribution in [0.4, 0.5) is 4.39 Å². The fourth-order valence-corrected chi connectivity index (χ4v) is 3.72. The number of para-hydroxylation sites is 1. The first-order chi connectivity index (χ1) is 12.6. The molecular weight excluding hydrogens is 351 g/mol. The Bertz CT molecular complexity index is 983. The molecule has 0 aliphatic carbocycles. The maximum absolute atomic E-state index is 12.9. The lowest BCUT2D eigenvalue weighted by atomic mass is 10.1. The number of ketones is 1. The number of benzene rings is 2. The third kappa shape index (κ3) is 4.02. The fourth-order valence-electron chi connectivity index (χ4n) is 2.71. The van der Waals surface area contributed by atoms with Gasteiger partial charge in [0.25, 0.3) is 5.56 Å². The smallest absolute Gasteiger partial charge is 0.262 e. The highest BCUT2D eigenvalue weighted by molar-refractivity contribution is 7.99. The lowest BCUT2D eigenvalue weighted by Gasteiger charge is -2.11. The van der Waals surface area contributed by atoms with Gasteiger partial charge in [-0.1, -0.05) is 23.9 Å². The molecule has 0 bridgehead atoms. The van der Waals surface area contributed by atoms with Crippen molar-refractivity contribution in [2.75, 3.05) is 5.75 Å². The third-order valence-corrected chi connectivity index (χ3v) is 5.15. The molecule has 0 atom stereocenters. The monoisotopic (exact) mass is 370 g/mol. The van der Waals surface area contributed by atoms with Crippen LogP contribution < -0.4 is 5.56 Å². The predicted molar refractivity (Wildman–Crippen MR) is 102 cm³/mol. The number of thioether (sulfide) groups is 1. The lowest BCUT2D eigenvalue weighted by Crippen LogP contribution is -2.22. The van der Waals surface area contributed by atoms with Crippen molar-refractivity contribution in [1.82, 2.24) is 9.55 Å². The Balaban J connectivity index is 1.65. The molecule has 3 aromatic rings. The molecule has 0 saturated carbocycles. The van der Waals surface area contributed by atoms with E-state index in [4.69, 9.17) is 0 Å². The van der Waals surface area contributed by atoms with Crippen molar-refractivity contribution in [3.8, 4) is 0 Å². The van der Waals surface area contributed by atoms with Gasteiger partial charge in [0.05, 0.1) is 10.9 Å². The third-order valence-electron chi connectivity index (χ3n) is 4.09. The minimum Gasteiger partial charge on any atom is -0.294 e. The van der Waals surface area contributed by atoms with Crippen LogP contribution in [0.1, 0.15) is 30.1 Å². The number of rotatable bonds is 7. The van der Waals surface area contributed by atoms with Crippen molar-refractivity contribution < 1.29 is 9.18 Å². The van der Waals surface area contributed by atoms with Crippen LogP contribution in [0, 0.1) is 5.82 Å². The van der Waals surface area contributed by atoms with Gasteiger partial charge in [0.1, 0.15) is 5.82 Å². The highest BCUT2D eigenvalue weighted by Gasteiger charge is 2.11. The zero-order chi connectivity index (χ0) is 18.5. The second-order valence-corrected chi connectivity index (χ2v) is 6.91. The number of Topliss-reactive ketones (excluding diaryl/α,β-unsaturated/α-hetero) is 1. The summed E-state index contributed by atoms with van der Waals surface area (Å²) in [5.74, 6) is 0.319. The summed E-state index contributed by atoms with van der Waals surface area (Å²) in [5.41, 5.74) is 1.17. The standard InChI is InChI=1S/C20H19FN2O2S/c1-2-23-19(25)16-6-3-4-7-17(16)22-20(23)26-13-5-8-18(24)14-9-11-15(21)12-10-14/h3-4,6-7,9-12H,2,5,8,13H2,1H3. The first-order valence-corrected chi connectivity index (χ1v) is 9.50. The van der Waals surface area contributed by atoms with Crippen LogP contribution in [-0.2, 0) is 6.54 Å². The number of carbonyl (C=O) groups is 1. The van der Waals surface area contributed by atoms with E-state index in [0.717, 1.165) is 0 Å². The first-order valence-electron chi connectivity index (χ1n) is 8.51. The summed E-state index contributed by atoms with van der Waals surface area (Å²) in [7, 11) is 0. The molecule has 0 fully saturated rings. The van der Waals surface area contributed by atoms with Gasteiger partial charge in [-0.15, -0.1) is 0 Å². The van der Waals surface area contributed by atoms with Crippen LogP contribution >= 0.6 is 11.8 Å². The number of nitrogens with zero attached hydrogens (tertiary/aromatic N) is 2. The molecule has 26 heavy (non-hydrogen) atoms. The van der Waals surface area contributed by atoms with Crippen LogP contribution in [0.2, 0.25) is 0 Å². The van der Waals surface area contributed by atoms with Gasteiger partial charge >= 0.3 is 0 Å². The van der Waals surface area contributed by atoms with E-state index < -0.39 is 0 Å². The molecule has 4 nitrogen and oxygen atoms in total. The number of halogens is 1. The van der Waals surface area contributed by atoms with Gasteiger partial charge in [-0.2, -0.15) is 0 Å². The maximum atomic E-state index is 12.9. The molecule has 0 spiro atoms. The van der Waals surface area contributed by atoms with Crippen LogP contribution in [0.5, 0.6) is 0 Å². The molecule has 1 aromatic heterocycles. The van der Waals surface area contributed by atoms with Crippen molar-refractivity contribution in [2.45, 2.75) is 31.5 Å². The van der Waals surface area contributed by atoms with Gasteiger partial charge in [0.15, 0.2) is 10.9 Å². The summed E-state index contributed by atoms with van der Waals surface area (Å²) >= 11 is 1.48. The minimum atomic E-state index is -0.350. The van der Waals surface area contributed by atoms with Crippen LogP contribution in [0.15, 0.2) is 58.5 Å². The average Bonchev–Trinajstić information content (AvgIpc) is 2.66. The summed E-state index contributed by atoms with van der Waals surface area (Å²) in [5, 5.41) is 1.29. The molecule has 0 amide bonds. The molecule has 0 radical (unpaired) electrons. The molecule has 0 N–H and O–H groups in total. The van der Waals surface area contributed by atoms with Crippen molar-refractivity contribution >= 4 is 28.4 Å². The Labute approximate surface area is 155 Å². The Hall–Kier alpha value is -2.47. The van der Waals surface area contributed by atoms with Gasteiger partial charge in [0, 0.05) is 24.3 Å². The quantitative estimate of drug-likeness (QED) is 0.269. The number of fused-ring (bicyclic) bond motifs is 1. The molecule has 2 aromatic carbocycles. The molecule has 3 rings (SSSR count). The number of carbonyl (C=O) groups excluding carboxylic acids is 1. The van der Waals surface area contributed by atoms with E-state index in [-0.39, 0.29) is 17.2 Å². The van der Waals surface area contributed by atoms with Gasteiger partial charge < -0.3 is 0 Å². The van der Waals surface area contributed by atoms with Crippen molar-refractivity contribution in [3.63, 3.8) is 0 Å². The number of hydrogen-bond acceptors (Lipinski definition) is 4. The highest BCUT2D eigenvalue weighted by Crippen LogP contribution is 2.19. The molecule has 0 unspecified atom stereocenters. The Morgan fingerprint density at radius 1 is 1.15 bits per heavy atom. The SMILES string of the molecule is CCn1c(SCCCC(=O)c2ccc(F)cc2)nc2ccccc2c1=O. The van der Waals surface area contributed by atoms with E-state index in [9.17, 15) is 14.0 Å². The largest absolute Gasteiger partial charge is 0.294 e. The summed E-state index contributed by atoms with van der Waals surface area (Å²) < 4.78 is 14.6. The van der Waals surface area contributed by atoms with Crippen molar-refractivity contribution in [2.24, 2.45) is 0 Å². The average molecular weight is 370 g/mol. The molecule has 0 aliphatic rings. The van der Waals surface area contributed by atoms with E-state index in [1.54, 1.807) is 10.6 Å². The molecule has 1 heterocycles. The van der Waals surface area contributed by atoms with Crippen molar-refractivity contribution in [1.29, 1.82) is 0 Å². The second-order valence-electron chi connectivity index (χ2n) is 5.84. The molecule has 0 saturated heterocycles. The fraction of sp³-hybridized carbons (Fsp3) is 0.250. The van der Waals surface area contributed by atoms with E-state index in [2.05, 4.69) is 4.98 Å². The van der Waals surface area contributed by atoms with Gasteiger partial charge in [0.2, 0.25) is 0 Å². The molecular formula is C20H19FN2O2S. The summed E-state index contributed by atoms with van der Waals surface area (Å²) in [6, 6.07) is 12.9. The second kappa shape index (κ2) is 8.27. The Kier molecular flexibility index (Phi) is 5.83. The minimum absolute atomic E-state index is 0.00930. The van der Waals surface area contributed by atoms with E-state index in [1.807, 2.05) is 25.1 Å². The van der Waals surface area contributed by atoms with Crippen molar-refractivity contribution in [3.05, 3.63) is 70.3 Å². The zero-order valence-electron chi connectivity index (χ0n) is 14.4. The first kappa shape index (κ1) is 18.3. The van der Waals surface area contributed by atoms with E-state index in [1.165, 1.54) is 36.0 Å². The number of aromatic nitrogens is 2. The van der Waals surface area contributed by atoms with Crippen LogP contribution in [0.25, 0.3) is 10.9 Å². The Morgan fingerprint density at radius 3 is 2.62 bits per heavy atom. The highest BCUT2D eigenvalue weighted by atomic mass is 32.2. The topological polar surface area (TPSA) is 52.0 Å². The predicted octanol–water partition coefficient (Wildman–Crippen LogP) is 4.31. The van der Waals surface area contributed by atoms with E-state index in [0.29, 0.717) is 46.8 Å². The van der Waals surface area contributed by atoms with Crippen LogP contribution in [0.3, 0.4) is 0 Å². The normalized spacial score (nSPS) is 11.0. The summed E-state index contributed by atoms with van der Waals surface area (Å²) in [6.45, 7) is 2.47.